The summed E-state index contributed by atoms with van der Waals surface area (Å²) in [7, 11) is 0. The fourth-order valence-electron chi connectivity index (χ4n) is 1.62. The number of nitrogens with two attached hydrogens (primary N) is 1. The number of para-hydroxylation sites is 1. The summed E-state index contributed by atoms with van der Waals surface area (Å²) >= 11 is 0. The maximum Gasteiger partial charge on any atom is 0.205 e. The third-order valence-electron chi connectivity index (χ3n) is 2.45. The Morgan fingerprint density at radius 1 is 1.53 bits per heavy atom. The molecule has 3 N–H and O–H groups in total. The second-order valence-corrected chi connectivity index (χ2v) is 3.57. The minimum Gasteiger partial charge on any atom is -0.452 e. The molecule has 0 unspecified atom stereocenters. The van der Waals surface area contributed by atoms with Crippen LogP contribution >= 0.6 is 0 Å². The van der Waals surface area contributed by atoms with Crippen molar-refractivity contribution in [1.82, 2.24) is 0 Å². The highest BCUT2D eigenvalue weighted by atomic mass is 16.5. The molecule has 0 amide bonds. The minimum absolute atomic E-state index is 0.0384. The van der Waals surface area contributed by atoms with Crippen LogP contribution in [0.15, 0.2) is 33.8 Å². The predicted octanol–water partition coefficient (Wildman–Crippen LogP) is 2.06. The molecule has 5 heteroatoms. The first-order chi connectivity index (χ1) is 8.26. The van der Waals surface area contributed by atoms with Gasteiger partial charge in [0.1, 0.15) is 5.58 Å². The number of nitrogens with zero attached hydrogens (tertiary/aromatic N) is 1. The molecular formula is C12H14N2O3. The first-order valence-corrected chi connectivity index (χ1v) is 5.33. The molecule has 2 rings (SSSR count). The standard InChI is InChI=1S/C12H14N2O3/c1-2-16-7-9-5-3-4-8-6-10(12(13)14-15)17-11(8)9/h3-6,15H,2,7H2,1H3,(H2,13,14). The molecule has 0 aliphatic rings. The third-order valence-corrected chi connectivity index (χ3v) is 2.45. The van der Waals surface area contributed by atoms with Crippen molar-refractivity contribution in [2.24, 2.45) is 10.9 Å². The van der Waals surface area contributed by atoms with E-state index in [-0.39, 0.29) is 5.84 Å². The van der Waals surface area contributed by atoms with Crippen LogP contribution in [0, 0.1) is 0 Å². The van der Waals surface area contributed by atoms with Crippen LogP contribution in [0.25, 0.3) is 11.0 Å². The molecule has 0 fully saturated rings. The van der Waals surface area contributed by atoms with Gasteiger partial charge in [-0.1, -0.05) is 23.4 Å². The van der Waals surface area contributed by atoms with Crippen LogP contribution in [-0.2, 0) is 11.3 Å². The largest absolute Gasteiger partial charge is 0.452 e. The Balaban J connectivity index is 2.45. The number of ether oxygens (including phenoxy) is 1. The van der Waals surface area contributed by atoms with Gasteiger partial charge >= 0.3 is 0 Å². The van der Waals surface area contributed by atoms with Gasteiger partial charge in [-0.15, -0.1) is 0 Å². The Kier molecular flexibility index (Phi) is 3.30. The molecule has 2 aromatic rings. The lowest BCUT2D eigenvalue weighted by molar-refractivity contribution is 0.134. The van der Waals surface area contributed by atoms with Crippen molar-refractivity contribution in [3.05, 3.63) is 35.6 Å². The molecule has 0 aliphatic heterocycles. The number of oxime groups is 1. The van der Waals surface area contributed by atoms with E-state index in [2.05, 4.69) is 5.16 Å². The summed E-state index contributed by atoms with van der Waals surface area (Å²) in [6.07, 6.45) is 0. The molecule has 0 bridgehead atoms. The molecule has 5 nitrogen and oxygen atoms in total. The van der Waals surface area contributed by atoms with Gasteiger partial charge in [0.05, 0.1) is 6.61 Å². The van der Waals surface area contributed by atoms with Gasteiger partial charge in [0.2, 0.25) is 5.84 Å². The maximum absolute atomic E-state index is 8.60. The lowest BCUT2D eigenvalue weighted by Gasteiger charge is -2.01. The number of furan rings is 1. The average molecular weight is 234 g/mol. The average Bonchev–Trinajstić information content (AvgIpc) is 2.79. The summed E-state index contributed by atoms with van der Waals surface area (Å²) in [5, 5.41) is 12.4. The van der Waals surface area contributed by atoms with E-state index in [9.17, 15) is 0 Å². The highest BCUT2D eigenvalue weighted by molar-refractivity contribution is 5.98. The number of rotatable bonds is 4. The highest BCUT2D eigenvalue weighted by Gasteiger charge is 2.10. The van der Waals surface area contributed by atoms with Gasteiger partial charge in [-0.3, -0.25) is 0 Å². The summed E-state index contributed by atoms with van der Waals surface area (Å²) < 4.78 is 10.9. The van der Waals surface area contributed by atoms with Crippen molar-refractivity contribution in [2.75, 3.05) is 6.61 Å². The monoisotopic (exact) mass is 234 g/mol. The van der Waals surface area contributed by atoms with E-state index in [4.69, 9.17) is 20.1 Å². The highest BCUT2D eigenvalue weighted by Crippen LogP contribution is 2.23. The molecule has 17 heavy (non-hydrogen) atoms. The molecule has 0 saturated carbocycles. The number of fused-ring (bicyclic) bond motifs is 1. The second kappa shape index (κ2) is 4.88. The molecule has 1 heterocycles. The van der Waals surface area contributed by atoms with Crippen molar-refractivity contribution in [2.45, 2.75) is 13.5 Å². The number of hydrogen-bond acceptors (Lipinski definition) is 4. The molecule has 0 saturated heterocycles. The molecule has 0 aliphatic carbocycles. The van der Waals surface area contributed by atoms with E-state index in [1.807, 2.05) is 25.1 Å². The van der Waals surface area contributed by atoms with E-state index in [1.54, 1.807) is 6.07 Å². The van der Waals surface area contributed by atoms with Crippen LogP contribution < -0.4 is 5.73 Å². The zero-order valence-electron chi connectivity index (χ0n) is 9.51. The summed E-state index contributed by atoms with van der Waals surface area (Å²) in [6.45, 7) is 3.06. The zero-order valence-corrected chi connectivity index (χ0v) is 9.51. The Hall–Kier alpha value is -2.01. The van der Waals surface area contributed by atoms with Gasteiger partial charge in [0.25, 0.3) is 0 Å². The number of hydrogen-bond donors (Lipinski definition) is 2. The summed E-state index contributed by atoms with van der Waals surface area (Å²) in [4.78, 5) is 0. The second-order valence-electron chi connectivity index (χ2n) is 3.57. The molecular weight excluding hydrogens is 220 g/mol. The van der Waals surface area contributed by atoms with Crippen molar-refractivity contribution in [3.63, 3.8) is 0 Å². The van der Waals surface area contributed by atoms with E-state index in [0.29, 0.717) is 24.6 Å². The molecule has 1 aromatic heterocycles. The normalized spacial score (nSPS) is 12.2. The lowest BCUT2D eigenvalue weighted by Crippen LogP contribution is -2.11. The van der Waals surface area contributed by atoms with Crippen molar-refractivity contribution < 1.29 is 14.4 Å². The molecule has 90 valence electrons. The van der Waals surface area contributed by atoms with E-state index in [1.165, 1.54) is 0 Å². The summed E-state index contributed by atoms with van der Waals surface area (Å²) in [5.41, 5.74) is 7.14. The van der Waals surface area contributed by atoms with Crippen LogP contribution in [0.1, 0.15) is 18.2 Å². The van der Waals surface area contributed by atoms with Gasteiger partial charge in [-0.2, -0.15) is 0 Å². The van der Waals surface area contributed by atoms with Gasteiger partial charge < -0.3 is 20.1 Å². The Labute approximate surface area is 98.5 Å². The van der Waals surface area contributed by atoms with Gasteiger partial charge in [0, 0.05) is 17.6 Å². The zero-order chi connectivity index (χ0) is 12.3. The first-order valence-electron chi connectivity index (χ1n) is 5.33. The van der Waals surface area contributed by atoms with E-state index >= 15 is 0 Å². The number of amidine groups is 1. The van der Waals surface area contributed by atoms with Crippen LogP contribution in [0.5, 0.6) is 0 Å². The molecule has 0 radical (unpaired) electrons. The topological polar surface area (TPSA) is 81.0 Å². The Morgan fingerprint density at radius 3 is 3.06 bits per heavy atom. The fraction of sp³-hybridized carbons (Fsp3) is 0.250. The number of benzene rings is 1. The molecule has 0 atom stereocenters. The van der Waals surface area contributed by atoms with Gasteiger partial charge in [-0.25, -0.2) is 0 Å². The predicted molar refractivity (Wildman–Crippen MR) is 64.1 cm³/mol. The van der Waals surface area contributed by atoms with Crippen LogP contribution in [0.2, 0.25) is 0 Å². The van der Waals surface area contributed by atoms with Crippen molar-refractivity contribution in [1.29, 1.82) is 0 Å². The van der Waals surface area contributed by atoms with Crippen LogP contribution in [-0.4, -0.2) is 17.6 Å². The first kappa shape index (κ1) is 11.5. The van der Waals surface area contributed by atoms with Crippen LogP contribution in [0.3, 0.4) is 0 Å². The molecule has 0 spiro atoms. The van der Waals surface area contributed by atoms with E-state index < -0.39 is 0 Å². The smallest absolute Gasteiger partial charge is 0.205 e. The summed E-state index contributed by atoms with van der Waals surface area (Å²) in [6, 6.07) is 7.49. The van der Waals surface area contributed by atoms with Gasteiger partial charge in [0.15, 0.2) is 5.76 Å². The van der Waals surface area contributed by atoms with E-state index in [0.717, 1.165) is 10.9 Å². The fourth-order valence-corrected chi connectivity index (χ4v) is 1.62. The third kappa shape index (κ3) is 2.24. The Bertz CT molecular complexity index is 546. The lowest BCUT2D eigenvalue weighted by atomic mass is 10.1. The van der Waals surface area contributed by atoms with Crippen molar-refractivity contribution in [3.8, 4) is 0 Å². The van der Waals surface area contributed by atoms with Crippen LogP contribution in [0.4, 0.5) is 0 Å². The maximum atomic E-state index is 8.60. The van der Waals surface area contributed by atoms with Gasteiger partial charge in [-0.05, 0) is 13.0 Å². The minimum atomic E-state index is -0.0384. The summed E-state index contributed by atoms with van der Waals surface area (Å²) in [5.74, 6) is 0.315. The molecule has 1 aromatic carbocycles. The SMILES string of the molecule is CCOCc1cccc2cc(C(N)=NO)oc12. The quantitative estimate of drug-likeness (QED) is 0.367. The Morgan fingerprint density at radius 2 is 2.35 bits per heavy atom. The van der Waals surface area contributed by atoms with Crippen molar-refractivity contribution >= 4 is 16.8 Å².